The van der Waals surface area contributed by atoms with Gasteiger partial charge in [0, 0.05) is 35.3 Å². The monoisotopic (exact) mass is 931 g/mol. The Morgan fingerprint density at radius 1 is 0.192 bits per heavy atom. The Kier molecular flexibility index (Phi) is 12.2. The van der Waals surface area contributed by atoms with Gasteiger partial charge in [0.05, 0.1) is 17.1 Å². The molecule has 12 rings (SSSR count). The summed E-state index contributed by atoms with van der Waals surface area (Å²) in [5.74, 6) is 0. The van der Waals surface area contributed by atoms with Crippen LogP contribution >= 0.6 is 0 Å². The van der Waals surface area contributed by atoms with Crippen molar-refractivity contribution >= 4 is 0 Å². The molecule has 3 heterocycles. The van der Waals surface area contributed by atoms with Gasteiger partial charge in [-0.15, -0.1) is 0 Å². The van der Waals surface area contributed by atoms with Crippen LogP contribution in [0.25, 0.3) is 123 Å². The number of hydrogen-bond acceptors (Lipinski definition) is 3. The van der Waals surface area contributed by atoms with Crippen LogP contribution in [0.4, 0.5) is 0 Å². The van der Waals surface area contributed by atoms with Gasteiger partial charge in [-0.2, -0.15) is 0 Å². The molecule has 12 aromatic rings. The molecule has 3 aromatic heterocycles. The Morgan fingerprint density at radius 2 is 0.493 bits per heavy atom. The predicted octanol–water partition coefficient (Wildman–Crippen LogP) is 18.5. The first kappa shape index (κ1) is 44.6. The number of pyridine rings is 3. The van der Waals surface area contributed by atoms with Crippen molar-refractivity contribution in [2.75, 3.05) is 0 Å². The Hall–Kier alpha value is -9.57. The number of rotatable bonds is 11. The van der Waals surface area contributed by atoms with Crippen molar-refractivity contribution < 1.29 is 0 Å². The highest BCUT2D eigenvalue weighted by Gasteiger charge is 2.20. The molecule has 0 saturated carbocycles. The van der Waals surface area contributed by atoms with Crippen LogP contribution < -0.4 is 0 Å². The number of aromatic nitrogens is 3. The van der Waals surface area contributed by atoms with E-state index in [0.717, 1.165) is 112 Å². The van der Waals surface area contributed by atoms with E-state index < -0.39 is 0 Å². The fraction of sp³-hybridized carbons (Fsp3) is 0.0143. The van der Waals surface area contributed by atoms with E-state index in [1.54, 1.807) is 0 Å². The number of benzene rings is 9. The van der Waals surface area contributed by atoms with E-state index in [1.807, 2.05) is 55.0 Å². The molecule has 344 valence electrons. The number of nitrogens with zero attached hydrogens (tertiary/aromatic N) is 3. The maximum Gasteiger partial charge on any atom is 0.0702 e. The van der Waals surface area contributed by atoms with E-state index in [1.165, 1.54) is 16.7 Å². The predicted molar refractivity (Wildman–Crippen MR) is 304 cm³/mol. The summed E-state index contributed by atoms with van der Waals surface area (Å²) in [6, 6.07) is 93.7. The van der Waals surface area contributed by atoms with E-state index in [-0.39, 0.29) is 0 Å². The van der Waals surface area contributed by atoms with Gasteiger partial charge in [0.2, 0.25) is 0 Å². The van der Waals surface area contributed by atoms with Gasteiger partial charge in [0.15, 0.2) is 0 Å². The SMILES string of the molecule is Cc1cc(-c2ccccn2)ccc1-c1ccccc1-c1cc(-c2ccccc2-c2ccc(-c3ccccn3)cc2-c2ccccc2)cc(-c2ccccc2-c2ccc(-c3ccccn3)cc2-c2ccccc2)c1. The molecule has 73 heavy (non-hydrogen) atoms. The molecular formula is C70H49N3. The quantitative estimate of drug-likeness (QED) is 0.130. The molecule has 9 aromatic carbocycles. The second-order valence-corrected chi connectivity index (χ2v) is 18.4. The van der Waals surface area contributed by atoms with Crippen molar-refractivity contribution in [2.24, 2.45) is 0 Å². The highest BCUT2D eigenvalue weighted by Crippen LogP contribution is 2.46. The lowest BCUT2D eigenvalue weighted by molar-refractivity contribution is 1.32. The van der Waals surface area contributed by atoms with Crippen LogP contribution in [-0.2, 0) is 0 Å². The van der Waals surface area contributed by atoms with Crippen molar-refractivity contribution in [2.45, 2.75) is 6.92 Å². The molecule has 0 radical (unpaired) electrons. The minimum atomic E-state index is 0.942. The van der Waals surface area contributed by atoms with Crippen molar-refractivity contribution in [3.63, 3.8) is 0 Å². The van der Waals surface area contributed by atoms with Crippen LogP contribution in [0.2, 0.25) is 0 Å². The first-order valence-corrected chi connectivity index (χ1v) is 24.8. The molecular weight excluding hydrogens is 883 g/mol. The lowest BCUT2D eigenvalue weighted by Gasteiger charge is -2.20. The normalized spacial score (nSPS) is 11.1. The number of aryl methyl sites for hydroxylation is 1. The fourth-order valence-corrected chi connectivity index (χ4v) is 10.3. The van der Waals surface area contributed by atoms with Gasteiger partial charge in [0.1, 0.15) is 0 Å². The van der Waals surface area contributed by atoms with Crippen LogP contribution in [0.1, 0.15) is 5.56 Å². The average Bonchev–Trinajstić information content (AvgIpc) is 3.48. The zero-order valence-corrected chi connectivity index (χ0v) is 40.4. The van der Waals surface area contributed by atoms with Crippen molar-refractivity contribution in [1.29, 1.82) is 0 Å². The third-order valence-electron chi connectivity index (χ3n) is 13.8. The molecule has 0 bridgehead atoms. The van der Waals surface area contributed by atoms with Gasteiger partial charge in [-0.3, -0.25) is 15.0 Å². The third-order valence-corrected chi connectivity index (χ3v) is 13.8. The van der Waals surface area contributed by atoms with Gasteiger partial charge < -0.3 is 0 Å². The van der Waals surface area contributed by atoms with E-state index in [4.69, 9.17) is 9.97 Å². The molecule has 0 N–H and O–H groups in total. The highest BCUT2D eigenvalue weighted by atomic mass is 14.7. The van der Waals surface area contributed by atoms with E-state index in [2.05, 4.69) is 236 Å². The van der Waals surface area contributed by atoms with Crippen LogP contribution in [0.3, 0.4) is 0 Å². The van der Waals surface area contributed by atoms with Crippen molar-refractivity contribution in [3.8, 4) is 123 Å². The Balaban J connectivity index is 1.08. The fourth-order valence-electron chi connectivity index (χ4n) is 10.3. The van der Waals surface area contributed by atoms with Crippen molar-refractivity contribution in [3.05, 3.63) is 285 Å². The number of hydrogen-bond donors (Lipinski definition) is 0. The highest BCUT2D eigenvalue weighted by molar-refractivity contribution is 5.99. The largest absolute Gasteiger partial charge is 0.256 e. The first-order chi connectivity index (χ1) is 36.1. The maximum absolute atomic E-state index is 4.74. The summed E-state index contributed by atoms with van der Waals surface area (Å²) in [5, 5.41) is 0. The minimum Gasteiger partial charge on any atom is -0.256 e. The van der Waals surface area contributed by atoms with Crippen LogP contribution in [0.15, 0.2) is 279 Å². The second kappa shape index (κ2) is 20.0. The summed E-state index contributed by atoms with van der Waals surface area (Å²) < 4.78 is 0. The Labute approximate surface area is 427 Å². The lowest BCUT2D eigenvalue weighted by Crippen LogP contribution is -1.95. The standard InChI is InChI=1S/C70H49N3/c1-48-42-51(68-30-14-17-39-71-68)33-36-57(48)61-27-11-8-24-58(61)54-43-55(59-25-9-12-28-62(59)64-37-34-52(69-31-15-18-40-72-69)46-66(64)49-20-4-2-5-21-49)45-56(44-54)60-26-10-13-29-63(60)65-38-35-53(70-32-16-19-41-73-70)47-67(65)50-22-6-3-7-23-50/h2-47H,1H3. The van der Waals surface area contributed by atoms with E-state index in [0.29, 0.717) is 0 Å². The second-order valence-electron chi connectivity index (χ2n) is 18.4. The maximum atomic E-state index is 4.74. The summed E-state index contributed by atoms with van der Waals surface area (Å²) in [5.41, 5.74) is 25.6. The summed E-state index contributed by atoms with van der Waals surface area (Å²) in [6.45, 7) is 2.21. The van der Waals surface area contributed by atoms with Crippen molar-refractivity contribution in [1.82, 2.24) is 15.0 Å². The molecule has 0 aliphatic rings. The Morgan fingerprint density at radius 3 is 0.849 bits per heavy atom. The average molecular weight is 932 g/mol. The van der Waals surface area contributed by atoms with Gasteiger partial charge >= 0.3 is 0 Å². The van der Waals surface area contributed by atoms with Gasteiger partial charge in [-0.1, -0.05) is 188 Å². The molecule has 0 unspecified atom stereocenters. The summed E-state index contributed by atoms with van der Waals surface area (Å²) in [4.78, 5) is 14.2. The van der Waals surface area contributed by atoms with Gasteiger partial charge in [0.25, 0.3) is 0 Å². The molecule has 0 atom stereocenters. The smallest absolute Gasteiger partial charge is 0.0702 e. The lowest BCUT2D eigenvalue weighted by atomic mass is 9.83. The molecule has 3 heteroatoms. The topological polar surface area (TPSA) is 38.7 Å². The van der Waals surface area contributed by atoms with Gasteiger partial charge in [-0.05, 0) is 174 Å². The zero-order valence-electron chi connectivity index (χ0n) is 40.4. The van der Waals surface area contributed by atoms with Crippen LogP contribution in [-0.4, -0.2) is 15.0 Å². The van der Waals surface area contributed by atoms with E-state index >= 15 is 0 Å². The third kappa shape index (κ3) is 9.08. The van der Waals surface area contributed by atoms with Crippen LogP contribution in [0.5, 0.6) is 0 Å². The van der Waals surface area contributed by atoms with Crippen LogP contribution in [0, 0.1) is 6.92 Å². The molecule has 0 aliphatic carbocycles. The molecule has 0 amide bonds. The molecule has 0 spiro atoms. The summed E-state index contributed by atoms with van der Waals surface area (Å²) in [7, 11) is 0. The van der Waals surface area contributed by atoms with E-state index in [9.17, 15) is 0 Å². The molecule has 0 fully saturated rings. The molecule has 0 aliphatic heterocycles. The minimum absolute atomic E-state index is 0.942. The molecule has 3 nitrogen and oxygen atoms in total. The summed E-state index contributed by atoms with van der Waals surface area (Å²) in [6.07, 6.45) is 5.58. The zero-order chi connectivity index (χ0) is 48.9. The first-order valence-electron chi connectivity index (χ1n) is 24.8. The Bertz CT molecular complexity index is 3700. The van der Waals surface area contributed by atoms with Gasteiger partial charge in [-0.25, -0.2) is 0 Å². The molecule has 0 saturated heterocycles. The summed E-state index contributed by atoms with van der Waals surface area (Å²) >= 11 is 0.